The summed E-state index contributed by atoms with van der Waals surface area (Å²) in [6.07, 6.45) is 3.73. The van der Waals surface area contributed by atoms with Gasteiger partial charge in [-0.05, 0) is 43.5 Å². The van der Waals surface area contributed by atoms with Crippen molar-refractivity contribution in [1.82, 2.24) is 15.0 Å². The van der Waals surface area contributed by atoms with Crippen molar-refractivity contribution < 1.29 is 4.79 Å². The quantitative estimate of drug-likeness (QED) is 0.432. The first-order valence-corrected chi connectivity index (χ1v) is 10.2. The summed E-state index contributed by atoms with van der Waals surface area (Å²) in [6, 6.07) is 18.7. The number of hydrogen-bond donors (Lipinski definition) is 3. The number of benzene rings is 2. The van der Waals surface area contributed by atoms with Crippen LogP contribution in [0.1, 0.15) is 24.0 Å². The molecule has 1 saturated carbocycles. The highest BCUT2D eigenvalue weighted by Gasteiger charge is 2.30. The second-order valence-electron chi connectivity index (χ2n) is 7.82. The lowest BCUT2D eigenvalue weighted by Crippen LogP contribution is -2.15. The van der Waals surface area contributed by atoms with Gasteiger partial charge in [-0.2, -0.15) is 4.98 Å². The number of hydrogen-bond acceptors (Lipinski definition) is 4. The first-order chi connectivity index (χ1) is 14.7. The van der Waals surface area contributed by atoms with Crippen molar-refractivity contribution >= 4 is 28.6 Å². The van der Waals surface area contributed by atoms with Gasteiger partial charge in [-0.15, -0.1) is 0 Å². The smallest absolute Gasteiger partial charge is 0.232 e. The van der Waals surface area contributed by atoms with E-state index in [0.29, 0.717) is 11.6 Å². The molecule has 3 N–H and O–H groups in total. The first kappa shape index (κ1) is 18.4. The zero-order valence-corrected chi connectivity index (χ0v) is 16.8. The van der Waals surface area contributed by atoms with Crippen LogP contribution in [0.5, 0.6) is 0 Å². The fourth-order valence-corrected chi connectivity index (χ4v) is 3.43. The van der Waals surface area contributed by atoms with E-state index in [4.69, 9.17) is 0 Å². The average molecular weight is 397 g/mol. The van der Waals surface area contributed by atoms with E-state index in [9.17, 15) is 4.79 Å². The third-order valence-corrected chi connectivity index (χ3v) is 5.37. The van der Waals surface area contributed by atoms with Crippen molar-refractivity contribution in [2.75, 3.05) is 10.6 Å². The molecular formula is C24H23N5O. The molecule has 2 aromatic heterocycles. The van der Waals surface area contributed by atoms with Crippen LogP contribution < -0.4 is 10.6 Å². The van der Waals surface area contributed by atoms with E-state index < -0.39 is 0 Å². The van der Waals surface area contributed by atoms with E-state index in [1.54, 1.807) is 0 Å². The van der Waals surface area contributed by atoms with Gasteiger partial charge in [0.05, 0.1) is 5.69 Å². The Morgan fingerprint density at radius 2 is 1.80 bits per heavy atom. The van der Waals surface area contributed by atoms with Crippen LogP contribution >= 0.6 is 0 Å². The maximum Gasteiger partial charge on any atom is 0.232 e. The van der Waals surface area contributed by atoms with Crippen LogP contribution in [0.15, 0.2) is 60.8 Å². The van der Waals surface area contributed by atoms with Crippen molar-refractivity contribution in [3.8, 4) is 11.3 Å². The lowest BCUT2D eigenvalue weighted by atomic mass is 10.1. The summed E-state index contributed by atoms with van der Waals surface area (Å²) in [7, 11) is 0. The van der Waals surface area contributed by atoms with Gasteiger partial charge in [0, 0.05) is 35.3 Å². The number of nitrogens with one attached hydrogen (secondary N) is 3. The number of fused-ring (bicyclic) bond motifs is 1. The van der Waals surface area contributed by atoms with Crippen LogP contribution in [0, 0.1) is 12.8 Å². The third-order valence-electron chi connectivity index (χ3n) is 5.37. The molecule has 0 bridgehead atoms. The summed E-state index contributed by atoms with van der Waals surface area (Å²) in [4.78, 5) is 24.4. The van der Waals surface area contributed by atoms with Crippen molar-refractivity contribution in [3.63, 3.8) is 0 Å². The maximum absolute atomic E-state index is 12.1. The second-order valence-corrected chi connectivity index (χ2v) is 7.82. The molecule has 5 rings (SSSR count). The summed E-state index contributed by atoms with van der Waals surface area (Å²) in [6.45, 7) is 2.86. The average Bonchev–Trinajstić information content (AvgIpc) is 3.51. The summed E-state index contributed by atoms with van der Waals surface area (Å²) < 4.78 is 0. The van der Waals surface area contributed by atoms with Gasteiger partial charge in [-0.1, -0.05) is 42.0 Å². The molecule has 6 nitrogen and oxygen atoms in total. The minimum Gasteiger partial charge on any atom is -0.381 e. The molecule has 2 heterocycles. The molecule has 1 fully saturated rings. The van der Waals surface area contributed by atoms with Crippen LogP contribution in [0.4, 0.5) is 11.6 Å². The van der Waals surface area contributed by atoms with Gasteiger partial charge in [-0.3, -0.25) is 10.1 Å². The SMILES string of the molecule is Cc1ccc(CNc2ccc(-c3nc(NC(=O)C4CC4)nc4[nH]ccc34)cc2)cc1. The van der Waals surface area contributed by atoms with Crippen molar-refractivity contribution in [2.24, 2.45) is 5.92 Å². The third kappa shape index (κ3) is 3.89. The predicted molar refractivity (Wildman–Crippen MR) is 119 cm³/mol. The Bertz CT molecular complexity index is 1190. The molecule has 1 aliphatic rings. The summed E-state index contributed by atoms with van der Waals surface area (Å²) >= 11 is 0. The van der Waals surface area contributed by atoms with Gasteiger partial charge < -0.3 is 10.3 Å². The van der Waals surface area contributed by atoms with Gasteiger partial charge in [0.15, 0.2) is 0 Å². The minimum absolute atomic E-state index is 0.00232. The van der Waals surface area contributed by atoms with E-state index in [2.05, 4.69) is 56.8 Å². The van der Waals surface area contributed by atoms with E-state index >= 15 is 0 Å². The highest BCUT2D eigenvalue weighted by atomic mass is 16.2. The predicted octanol–water partition coefficient (Wildman–Crippen LogP) is 4.89. The van der Waals surface area contributed by atoms with E-state index in [1.807, 2.05) is 36.5 Å². The number of aromatic nitrogens is 3. The number of aromatic amines is 1. The van der Waals surface area contributed by atoms with E-state index in [-0.39, 0.29) is 11.8 Å². The van der Waals surface area contributed by atoms with Crippen LogP contribution in [-0.2, 0) is 11.3 Å². The zero-order chi connectivity index (χ0) is 20.5. The summed E-state index contributed by atoms with van der Waals surface area (Å²) in [5.74, 6) is 0.455. The molecule has 0 aliphatic heterocycles. The highest BCUT2D eigenvalue weighted by Crippen LogP contribution is 2.31. The lowest BCUT2D eigenvalue weighted by Gasteiger charge is -2.10. The first-order valence-electron chi connectivity index (χ1n) is 10.2. The number of anilines is 2. The molecule has 0 saturated heterocycles. The number of aryl methyl sites for hydroxylation is 1. The zero-order valence-electron chi connectivity index (χ0n) is 16.8. The number of nitrogens with zero attached hydrogens (tertiary/aromatic N) is 2. The van der Waals surface area contributed by atoms with Gasteiger partial charge in [0.2, 0.25) is 11.9 Å². The molecule has 6 heteroatoms. The fraction of sp³-hybridized carbons (Fsp3) is 0.208. The van der Waals surface area contributed by atoms with Crippen molar-refractivity contribution in [2.45, 2.75) is 26.3 Å². The topological polar surface area (TPSA) is 82.7 Å². The Morgan fingerprint density at radius 1 is 1.03 bits per heavy atom. The molecule has 0 unspecified atom stereocenters. The van der Waals surface area contributed by atoms with Crippen LogP contribution in [-0.4, -0.2) is 20.9 Å². The van der Waals surface area contributed by atoms with Crippen molar-refractivity contribution in [1.29, 1.82) is 0 Å². The van der Waals surface area contributed by atoms with Crippen LogP contribution in [0.25, 0.3) is 22.3 Å². The highest BCUT2D eigenvalue weighted by molar-refractivity contribution is 5.96. The second kappa shape index (κ2) is 7.63. The van der Waals surface area contributed by atoms with Gasteiger partial charge >= 0.3 is 0 Å². The monoisotopic (exact) mass is 397 g/mol. The molecule has 0 atom stereocenters. The Kier molecular flexibility index (Phi) is 4.67. The molecule has 0 radical (unpaired) electrons. The van der Waals surface area contributed by atoms with Crippen LogP contribution in [0.3, 0.4) is 0 Å². The molecule has 1 amide bonds. The number of carbonyl (C=O) groups excluding carboxylic acids is 1. The molecule has 4 aromatic rings. The van der Waals surface area contributed by atoms with Gasteiger partial charge in [0.1, 0.15) is 5.65 Å². The number of rotatable bonds is 6. The molecule has 1 aliphatic carbocycles. The molecule has 2 aromatic carbocycles. The number of carbonyl (C=O) groups is 1. The lowest BCUT2D eigenvalue weighted by molar-refractivity contribution is -0.117. The van der Waals surface area contributed by atoms with Crippen molar-refractivity contribution in [3.05, 3.63) is 71.9 Å². The largest absolute Gasteiger partial charge is 0.381 e. The number of H-pyrrole nitrogens is 1. The molecule has 0 spiro atoms. The van der Waals surface area contributed by atoms with E-state index in [0.717, 1.165) is 41.7 Å². The van der Waals surface area contributed by atoms with Crippen LogP contribution in [0.2, 0.25) is 0 Å². The number of amides is 1. The molecule has 30 heavy (non-hydrogen) atoms. The Hall–Kier alpha value is -3.67. The Balaban J connectivity index is 1.37. The van der Waals surface area contributed by atoms with E-state index in [1.165, 1.54) is 11.1 Å². The molecular weight excluding hydrogens is 374 g/mol. The van der Waals surface area contributed by atoms with Gasteiger partial charge in [0.25, 0.3) is 0 Å². The summed E-state index contributed by atoms with van der Waals surface area (Å²) in [5, 5.41) is 7.24. The fourth-order valence-electron chi connectivity index (χ4n) is 3.43. The minimum atomic E-state index is 0.00232. The maximum atomic E-state index is 12.1. The summed E-state index contributed by atoms with van der Waals surface area (Å²) in [5.41, 5.74) is 6.04. The standard InChI is InChI=1S/C24H23N5O/c1-15-2-4-16(5-3-15)14-26-19-10-8-17(9-11-19)21-20-12-13-25-22(20)28-24(27-21)29-23(30)18-6-7-18/h2-5,8-13,18,26H,6-7,14H2,1H3,(H2,25,27,28,29,30). The van der Waals surface area contributed by atoms with Gasteiger partial charge in [-0.25, -0.2) is 4.98 Å². The Labute approximate surface area is 174 Å². The Morgan fingerprint density at radius 3 is 2.53 bits per heavy atom. The normalized spacial score (nSPS) is 13.4. The molecule has 150 valence electrons.